The van der Waals surface area contributed by atoms with Crippen LogP contribution in [0.1, 0.15) is 25.7 Å². The molecule has 5 rings (SSSR count). The van der Waals surface area contributed by atoms with Gasteiger partial charge >= 0.3 is 0 Å². The van der Waals surface area contributed by atoms with Gasteiger partial charge in [-0.3, -0.25) is 4.90 Å². The lowest BCUT2D eigenvalue weighted by molar-refractivity contribution is 0.193. The van der Waals surface area contributed by atoms with Gasteiger partial charge in [0.1, 0.15) is 0 Å². The minimum atomic E-state index is -0.409. The molecule has 2 nitrogen and oxygen atoms in total. The molecule has 0 bridgehead atoms. The minimum absolute atomic E-state index is 0.409. The summed E-state index contributed by atoms with van der Waals surface area (Å²) in [5.74, 6) is 1.45. The van der Waals surface area contributed by atoms with Gasteiger partial charge in [-0.15, -0.1) is 0 Å². The molecule has 1 saturated carbocycles. The smallest absolute Gasteiger partial charge is 0.0408 e. The Morgan fingerprint density at radius 3 is 1.61 bits per heavy atom. The average Bonchev–Trinajstić information content (AvgIpc) is 3.39. The highest BCUT2D eigenvalue weighted by Crippen LogP contribution is 2.49. The highest BCUT2D eigenvalue weighted by Gasteiger charge is 2.38. The van der Waals surface area contributed by atoms with Crippen molar-refractivity contribution in [2.45, 2.75) is 31.5 Å². The van der Waals surface area contributed by atoms with E-state index in [1.807, 2.05) is 0 Å². The summed E-state index contributed by atoms with van der Waals surface area (Å²) < 4.78 is 0. The maximum atomic E-state index is 2.86. The van der Waals surface area contributed by atoms with E-state index in [-0.39, 0.29) is 0 Å². The van der Waals surface area contributed by atoms with E-state index in [4.69, 9.17) is 0 Å². The van der Waals surface area contributed by atoms with Crippen molar-refractivity contribution in [1.29, 1.82) is 0 Å². The molecule has 3 aromatic carbocycles. The predicted molar refractivity (Wildman–Crippen MR) is 135 cm³/mol. The summed E-state index contributed by atoms with van der Waals surface area (Å²) in [7, 11) is -0.409. The highest BCUT2D eigenvalue weighted by atomic mass is 31.1. The number of nitrogens with zero attached hydrogens (tertiary/aromatic N) is 2. The molecule has 2 fully saturated rings. The molecule has 31 heavy (non-hydrogen) atoms. The van der Waals surface area contributed by atoms with Crippen molar-refractivity contribution < 1.29 is 0 Å². The summed E-state index contributed by atoms with van der Waals surface area (Å²) >= 11 is 0. The third-order valence-corrected chi connectivity index (χ3v) is 9.95. The molecular formula is C28H33N2P. The molecule has 2 aliphatic rings. The quantitative estimate of drug-likeness (QED) is 0.481. The summed E-state index contributed by atoms with van der Waals surface area (Å²) in [5.41, 5.74) is 1.37. The molecule has 0 N–H and O–H groups in total. The summed E-state index contributed by atoms with van der Waals surface area (Å²) in [5, 5.41) is 3.07. The van der Waals surface area contributed by atoms with Crippen LogP contribution in [0.2, 0.25) is 0 Å². The van der Waals surface area contributed by atoms with Crippen molar-refractivity contribution in [1.82, 2.24) is 4.90 Å². The fraction of sp³-hybridized carbons (Fsp3) is 0.357. The second-order valence-electron chi connectivity index (χ2n) is 8.86. The Bertz CT molecular complexity index is 878. The predicted octanol–water partition coefficient (Wildman–Crippen LogP) is 5.46. The van der Waals surface area contributed by atoms with Crippen LogP contribution in [0.15, 0.2) is 91.0 Å². The van der Waals surface area contributed by atoms with E-state index in [0.29, 0.717) is 5.78 Å². The van der Waals surface area contributed by atoms with Crippen LogP contribution in [0.4, 0.5) is 5.69 Å². The lowest BCUT2D eigenvalue weighted by Gasteiger charge is -2.46. The maximum Gasteiger partial charge on any atom is 0.0408 e. The number of hydrogen-bond acceptors (Lipinski definition) is 2. The lowest BCUT2D eigenvalue weighted by atomic mass is 10.1. The Morgan fingerprint density at radius 1 is 0.613 bits per heavy atom. The number of anilines is 1. The molecule has 0 radical (unpaired) electrons. The van der Waals surface area contributed by atoms with Gasteiger partial charge in [-0.2, -0.15) is 0 Å². The van der Waals surface area contributed by atoms with Gasteiger partial charge in [-0.1, -0.05) is 91.7 Å². The summed E-state index contributed by atoms with van der Waals surface area (Å²) in [4.78, 5) is 5.43. The molecule has 160 valence electrons. The Morgan fingerprint density at radius 2 is 1.10 bits per heavy atom. The average molecular weight is 429 g/mol. The Kier molecular flexibility index (Phi) is 6.68. The third kappa shape index (κ3) is 4.71. The van der Waals surface area contributed by atoms with Gasteiger partial charge in [0.05, 0.1) is 0 Å². The van der Waals surface area contributed by atoms with Gasteiger partial charge in [-0.05, 0) is 49.4 Å². The standard InChI is InChI=1S/C28H33N2P/c1-4-14-25(15-5-1)29-20-22-30(23-21-29)28(24-12-10-11-13-24)31(26-16-6-2-7-17-26)27-18-8-3-9-19-27/h1-9,14-19,24,28H,10-13,20-23H2. The first-order valence-corrected chi connectivity index (χ1v) is 13.2. The van der Waals surface area contributed by atoms with Crippen molar-refractivity contribution in [3.05, 3.63) is 91.0 Å². The molecule has 0 aromatic heterocycles. The number of rotatable bonds is 6. The fourth-order valence-electron chi connectivity index (χ4n) is 5.44. The van der Waals surface area contributed by atoms with E-state index in [0.717, 1.165) is 32.1 Å². The van der Waals surface area contributed by atoms with E-state index in [9.17, 15) is 0 Å². The molecule has 1 atom stereocenters. The fourth-order valence-corrected chi connectivity index (χ4v) is 8.62. The molecule has 0 amide bonds. The number of hydrogen-bond donors (Lipinski definition) is 0. The number of benzene rings is 3. The molecule has 1 aliphatic heterocycles. The highest BCUT2D eigenvalue weighted by molar-refractivity contribution is 7.73. The third-order valence-electron chi connectivity index (χ3n) is 6.96. The molecule has 1 heterocycles. The van der Waals surface area contributed by atoms with Gasteiger partial charge in [0.2, 0.25) is 0 Å². The zero-order chi connectivity index (χ0) is 20.9. The van der Waals surface area contributed by atoms with Crippen LogP contribution in [-0.2, 0) is 0 Å². The molecule has 1 saturated heterocycles. The monoisotopic (exact) mass is 428 g/mol. The molecule has 1 aliphatic carbocycles. The van der Waals surface area contributed by atoms with E-state index in [2.05, 4.69) is 101 Å². The van der Waals surface area contributed by atoms with Gasteiger partial charge in [-0.25, -0.2) is 0 Å². The van der Waals surface area contributed by atoms with Crippen LogP contribution in [0.5, 0.6) is 0 Å². The largest absolute Gasteiger partial charge is 0.369 e. The summed E-state index contributed by atoms with van der Waals surface area (Å²) in [6.07, 6.45) is 5.58. The molecule has 1 unspecified atom stereocenters. The maximum absolute atomic E-state index is 2.86. The van der Waals surface area contributed by atoms with Gasteiger partial charge in [0.25, 0.3) is 0 Å². The second-order valence-corrected chi connectivity index (χ2v) is 11.2. The molecular weight excluding hydrogens is 395 g/mol. The Labute approximate surface area is 188 Å². The summed E-state index contributed by atoms with van der Waals surface area (Å²) in [6, 6.07) is 33.7. The first kappa shape index (κ1) is 20.7. The first-order chi connectivity index (χ1) is 15.4. The zero-order valence-electron chi connectivity index (χ0n) is 18.3. The van der Waals surface area contributed by atoms with Crippen molar-refractivity contribution in [2.24, 2.45) is 5.92 Å². The van der Waals surface area contributed by atoms with E-state index in [1.54, 1.807) is 0 Å². The number of para-hydroxylation sites is 1. The van der Waals surface area contributed by atoms with Crippen LogP contribution >= 0.6 is 7.92 Å². The normalized spacial score (nSPS) is 19.1. The second kappa shape index (κ2) is 9.98. The van der Waals surface area contributed by atoms with Crippen molar-refractivity contribution in [2.75, 3.05) is 31.1 Å². The van der Waals surface area contributed by atoms with Crippen molar-refractivity contribution in [3.63, 3.8) is 0 Å². The molecule has 3 heteroatoms. The van der Waals surface area contributed by atoms with E-state index < -0.39 is 7.92 Å². The first-order valence-electron chi connectivity index (χ1n) is 11.8. The topological polar surface area (TPSA) is 6.48 Å². The van der Waals surface area contributed by atoms with Crippen molar-refractivity contribution in [3.8, 4) is 0 Å². The lowest BCUT2D eigenvalue weighted by Crippen LogP contribution is -2.53. The minimum Gasteiger partial charge on any atom is -0.369 e. The van der Waals surface area contributed by atoms with Gasteiger partial charge in [0.15, 0.2) is 0 Å². The Balaban J connectivity index is 1.45. The SMILES string of the molecule is c1ccc(N2CCN(C(C3CCCC3)P(c3ccccc3)c3ccccc3)CC2)cc1. The summed E-state index contributed by atoms with van der Waals surface area (Å²) in [6.45, 7) is 4.57. The zero-order valence-corrected chi connectivity index (χ0v) is 19.2. The van der Waals surface area contributed by atoms with Crippen LogP contribution in [0, 0.1) is 5.92 Å². The van der Waals surface area contributed by atoms with Gasteiger partial charge in [0, 0.05) is 37.6 Å². The van der Waals surface area contributed by atoms with Gasteiger partial charge < -0.3 is 4.90 Å². The van der Waals surface area contributed by atoms with Crippen molar-refractivity contribution >= 4 is 24.2 Å². The van der Waals surface area contributed by atoms with Crippen LogP contribution in [0.3, 0.4) is 0 Å². The molecule has 0 spiro atoms. The van der Waals surface area contributed by atoms with E-state index in [1.165, 1.54) is 42.0 Å². The van der Waals surface area contributed by atoms with Crippen LogP contribution in [-0.4, -0.2) is 36.9 Å². The van der Waals surface area contributed by atoms with Crippen LogP contribution in [0.25, 0.3) is 0 Å². The Hall–Kier alpha value is -2.15. The molecule has 3 aromatic rings. The number of piperazine rings is 1. The van der Waals surface area contributed by atoms with Crippen LogP contribution < -0.4 is 15.5 Å². The van der Waals surface area contributed by atoms with E-state index >= 15 is 0 Å².